The van der Waals surface area contributed by atoms with Gasteiger partial charge < -0.3 is 19.1 Å². The van der Waals surface area contributed by atoms with Crippen molar-refractivity contribution in [1.29, 1.82) is 0 Å². The summed E-state index contributed by atoms with van der Waals surface area (Å²) >= 11 is 0. The van der Waals surface area contributed by atoms with Gasteiger partial charge in [0.25, 0.3) is 0 Å². The highest BCUT2D eigenvalue weighted by atomic mass is 16.5. The molecule has 0 saturated carbocycles. The quantitative estimate of drug-likeness (QED) is 0.613. The highest BCUT2D eigenvalue weighted by Crippen LogP contribution is 2.36. The van der Waals surface area contributed by atoms with Crippen molar-refractivity contribution in [1.82, 2.24) is 9.80 Å². The maximum absolute atomic E-state index is 5.49. The van der Waals surface area contributed by atoms with Crippen molar-refractivity contribution in [2.45, 2.75) is 19.3 Å². The van der Waals surface area contributed by atoms with Gasteiger partial charge in [-0.1, -0.05) is 18.2 Å². The summed E-state index contributed by atoms with van der Waals surface area (Å²) in [7, 11) is 3.32. The van der Waals surface area contributed by atoms with Crippen LogP contribution in [0.5, 0.6) is 11.5 Å². The Balaban J connectivity index is 1.44. The molecular formula is C24H31N3O3. The average molecular weight is 410 g/mol. The Morgan fingerprint density at radius 1 is 1.07 bits per heavy atom. The van der Waals surface area contributed by atoms with Crippen molar-refractivity contribution in [2.24, 2.45) is 4.99 Å². The zero-order valence-electron chi connectivity index (χ0n) is 18.0. The zero-order valence-corrected chi connectivity index (χ0v) is 18.0. The lowest BCUT2D eigenvalue weighted by Gasteiger charge is -2.33. The maximum atomic E-state index is 5.49. The molecule has 0 atom stereocenters. The van der Waals surface area contributed by atoms with Crippen LogP contribution in [0.4, 0.5) is 0 Å². The Hall–Kier alpha value is -2.57. The van der Waals surface area contributed by atoms with Crippen molar-refractivity contribution in [2.75, 3.05) is 53.6 Å². The molecule has 3 heterocycles. The van der Waals surface area contributed by atoms with Crippen LogP contribution in [0.15, 0.2) is 52.9 Å². The summed E-state index contributed by atoms with van der Waals surface area (Å²) in [6.45, 7) is 5.88. The molecule has 6 nitrogen and oxygen atoms in total. The third-order valence-corrected chi connectivity index (χ3v) is 5.84. The van der Waals surface area contributed by atoms with Gasteiger partial charge in [0.15, 0.2) is 11.5 Å². The van der Waals surface area contributed by atoms with Crippen LogP contribution in [-0.2, 0) is 4.74 Å². The first-order valence-electron chi connectivity index (χ1n) is 10.7. The molecule has 0 aliphatic carbocycles. The van der Waals surface area contributed by atoms with Crippen molar-refractivity contribution >= 4 is 11.8 Å². The molecule has 1 fully saturated rings. The number of hydrogen-bond acceptors (Lipinski definition) is 6. The summed E-state index contributed by atoms with van der Waals surface area (Å²) in [6.07, 6.45) is 11.9. The molecule has 1 aromatic carbocycles. The molecule has 0 bridgehead atoms. The molecule has 1 saturated heterocycles. The van der Waals surface area contributed by atoms with Gasteiger partial charge in [-0.05, 0) is 49.6 Å². The van der Waals surface area contributed by atoms with Gasteiger partial charge in [-0.2, -0.15) is 0 Å². The van der Waals surface area contributed by atoms with E-state index in [1.54, 1.807) is 14.2 Å². The van der Waals surface area contributed by atoms with Gasteiger partial charge in [0.05, 0.1) is 27.4 Å². The Morgan fingerprint density at radius 2 is 1.90 bits per heavy atom. The summed E-state index contributed by atoms with van der Waals surface area (Å²) in [5.74, 6) is 2.47. The van der Waals surface area contributed by atoms with E-state index in [0.29, 0.717) is 0 Å². The van der Waals surface area contributed by atoms with Gasteiger partial charge in [-0.25, -0.2) is 4.99 Å². The van der Waals surface area contributed by atoms with E-state index in [9.17, 15) is 0 Å². The Kier molecular flexibility index (Phi) is 6.87. The number of fused-ring (bicyclic) bond motifs is 1. The van der Waals surface area contributed by atoms with E-state index in [-0.39, 0.29) is 0 Å². The minimum atomic E-state index is 0.729. The van der Waals surface area contributed by atoms with Crippen LogP contribution in [0.1, 0.15) is 24.8 Å². The molecular weight excluding hydrogens is 378 g/mol. The minimum absolute atomic E-state index is 0.729. The molecule has 3 aliphatic rings. The molecule has 0 N–H and O–H groups in total. The molecule has 160 valence electrons. The monoisotopic (exact) mass is 409 g/mol. The predicted octanol–water partition coefficient (Wildman–Crippen LogP) is 3.72. The van der Waals surface area contributed by atoms with Gasteiger partial charge in [0.1, 0.15) is 5.82 Å². The van der Waals surface area contributed by atoms with Gasteiger partial charge in [-0.15, -0.1) is 0 Å². The van der Waals surface area contributed by atoms with E-state index in [0.717, 1.165) is 74.3 Å². The number of ether oxygens (including phenoxy) is 3. The highest BCUT2D eigenvalue weighted by molar-refractivity contribution is 5.83. The number of aliphatic imine (C=N–C) groups is 1. The molecule has 0 amide bonds. The lowest BCUT2D eigenvalue weighted by molar-refractivity contribution is 0.0372. The molecule has 0 unspecified atom stereocenters. The molecule has 0 radical (unpaired) electrons. The number of methoxy groups -OCH3 is 2. The van der Waals surface area contributed by atoms with Crippen molar-refractivity contribution in [3.63, 3.8) is 0 Å². The molecule has 0 spiro atoms. The van der Waals surface area contributed by atoms with Crippen LogP contribution in [0.25, 0.3) is 5.57 Å². The van der Waals surface area contributed by atoms with Crippen molar-refractivity contribution in [3.05, 3.63) is 53.5 Å². The van der Waals surface area contributed by atoms with Gasteiger partial charge in [0.2, 0.25) is 0 Å². The van der Waals surface area contributed by atoms with E-state index in [1.165, 1.54) is 18.5 Å². The number of allylic oxidation sites excluding steroid dienone is 4. The fraction of sp³-hybridized carbons (Fsp3) is 0.458. The summed E-state index contributed by atoms with van der Waals surface area (Å²) in [5, 5.41) is 0. The Bertz CT molecular complexity index is 866. The number of benzene rings is 1. The zero-order chi connectivity index (χ0) is 20.8. The molecule has 6 heteroatoms. The molecule has 30 heavy (non-hydrogen) atoms. The number of morpholine rings is 1. The lowest BCUT2D eigenvalue weighted by Crippen LogP contribution is -2.36. The van der Waals surface area contributed by atoms with Crippen molar-refractivity contribution in [3.8, 4) is 11.5 Å². The molecule has 3 aliphatic heterocycles. The number of nitrogens with zero attached hydrogens (tertiary/aromatic N) is 3. The van der Waals surface area contributed by atoms with Crippen LogP contribution >= 0.6 is 0 Å². The summed E-state index contributed by atoms with van der Waals surface area (Å²) in [6, 6.07) is 6.03. The number of unbranched alkanes of at least 4 members (excludes halogenated alkanes) is 1. The normalized spacial score (nSPS) is 19.0. The maximum Gasteiger partial charge on any atom is 0.161 e. The average Bonchev–Trinajstić information content (AvgIpc) is 2.81. The largest absolute Gasteiger partial charge is 0.493 e. The minimum Gasteiger partial charge on any atom is -0.493 e. The van der Waals surface area contributed by atoms with E-state index < -0.39 is 0 Å². The summed E-state index contributed by atoms with van der Waals surface area (Å²) in [5.41, 5.74) is 3.52. The highest BCUT2D eigenvalue weighted by Gasteiger charge is 2.23. The Morgan fingerprint density at radius 3 is 2.70 bits per heavy atom. The predicted molar refractivity (Wildman–Crippen MR) is 120 cm³/mol. The van der Waals surface area contributed by atoms with Crippen LogP contribution in [0, 0.1) is 0 Å². The van der Waals surface area contributed by atoms with E-state index in [4.69, 9.17) is 19.2 Å². The summed E-state index contributed by atoms with van der Waals surface area (Å²) < 4.78 is 16.3. The van der Waals surface area contributed by atoms with Gasteiger partial charge in [0, 0.05) is 37.1 Å². The van der Waals surface area contributed by atoms with E-state index >= 15 is 0 Å². The Labute approximate surface area is 179 Å². The molecule has 4 rings (SSSR count). The van der Waals surface area contributed by atoms with E-state index in [1.807, 2.05) is 18.3 Å². The van der Waals surface area contributed by atoms with Crippen LogP contribution in [-0.4, -0.2) is 69.6 Å². The number of rotatable bonds is 8. The standard InChI is InChI=1S/C24H31N3O3/c1-28-22-9-8-19(18-23(22)29-2)21-7-5-13-27-20(10-11-25-24(21)27)6-3-4-12-26-14-16-30-17-15-26/h5,7-11,18H,3-4,6,12-17H2,1-2H3. The van der Waals surface area contributed by atoms with Crippen molar-refractivity contribution < 1.29 is 14.2 Å². The third kappa shape index (κ3) is 4.60. The molecule has 1 aromatic rings. The first kappa shape index (κ1) is 20.7. The smallest absolute Gasteiger partial charge is 0.161 e. The third-order valence-electron chi connectivity index (χ3n) is 5.84. The number of hydrogen-bond donors (Lipinski definition) is 0. The summed E-state index contributed by atoms with van der Waals surface area (Å²) in [4.78, 5) is 9.56. The topological polar surface area (TPSA) is 46.5 Å². The fourth-order valence-electron chi connectivity index (χ4n) is 4.17. The first-order valence-corrected chi connectivity index (χ1v) is 10.7. The second-order valence-corrected chi connectivity index (χ2v) is 7.67. The van der Waals surface area contributed by atoms with E-state index in [2.05, 4.69) is 34.1 Å². The molecule has 0 aromatic heterocycles. The fourth-order valence-corrected chi connectivity index (χ4v) is 4.17. The second kappa shape index (κ2) is 9.96. The van der Waals surface area contributed by atoms with Crippen LogP contribution in [0.3, 0.4) is 0 Å². The lowest BCUT2D eigenvalue weighted by atomic mass is 10.0. The SMILES string of the molecule is COc1ccc(C2=C3N=CC=C(CCCCN4CCOCC4)N3CC=C2)cc1OC. The van der Waals surface area contributed by atoms with Gasteiger partial charge in [-0.3, -0.25) is 4.90 Å². The van der Waals surface area contributed by atoms with Crippen LogP contribution in [0.2, 0.25) is 0 Å². The first-order chi connectivity index (χ1) is 14.8. The second-order valence-electron chi connectivity index (χ2n) is 7.67. The van der Waals surface area contributed by atoms with Crippen LogP contribution < -0.4 is 9.47 Å². The van der Waals surface area contributed by atoms with Gasteiger partial charge >= 0.3 is 0 Å².